The molecule has 0 saturated carbocycles. The summed E-state index contributed by atoms with van der Waals surface area (Å²) in [6.45, 7) is 2.89. The number of halogens is 2. The van der Waals surface area contributed by atoms with E-state index in [1.54, 1.807) is 0 Å². The number of aryl methyl sites for hydroxylation is 1. The monoisotopic (exact) mass is 448 g/mol. The quantitative estimate of drug-likeness (QED) is 0.432. The van der Waals surface area contributed by atoms with Crippen LogP contribution in [0.25, 0.3) is 0 Å². The number of carbonyl (C=O) groups is 1. The number of hydrogen-bond donors (Lipinski definition) is 0. The van der Waals surface area contributed by atoms with Gasteiger partial charge in [0, 0.05) is 45.7 Å². The number of nitrogens with zero attached hydrogens (tertiary/aromatic N) is 2. The van der Waals surface area contributed by atoms with Gasteiger partial charge in [-0.25, -0.2) is 0 Å². The lowest BCUT2D eigenvalue weighted by Gasteiger charge is -2.38. The smallest absolute Gasteiger partial charge is 0.256 e. The van der Waals surface area contributed by atoms with E-state index in [9.17, 15) is 4.79 Å². The highest BCUT2D eigenvalue weighted by Crippen LogP contribution is 2.45. The maximum atomic E-state index is 13.8. The minimum absolute atomic E-state index is 0.0445. The minimum atomic E-state index is -0.188. The molecule has 5 rings (SSSR count). The van der Waals surface area contributed by atoms with Gasteiger partial charge in [0.15, 0.2) is 0 Å². The Morgan fingerprint density at radius 2 is 1.55 bits per heavy atom. The van der Waals surface area contributed by atoms with Gasteiger partial charge in [-0.2, -0.15) is 0 Å². The van der Waals surface area contributed by atoms with E-state index in [0.29, 0.717) is 16.5 Å². The van der Waals surface area contributed by atoms with E-state index in [0.717, 1.165) is 41.2 Å². The highest BCUT2D eigenvalue weighted by Gasteiger charge is 2.41. The summed E-state index contributed by atoms with van der Waals surface area (Å²) >= 11 is 12.7. The molecule has 5 heteroatoms. The number of hydrogen-bond acceptors (Lipinski definition) is 2. The van der Waals surface area contributed by atoms with Gasteiger partial charge in [-0.15, -0.1) is 0 Å². The number of anilines is 2. The lowest BCUT2D eigenvalue weighted by molar-refractivity contribution is -0.116. The summed E-state index contributed by atoms with van der Waals surface area (Å²) in [5.41, 5.74) is 6.12. The Morgan fingerprint density at radius 3 is 2.26 bits per heavy atom. The van der Waals surface area contributed by atoms with Crippen molar-refractivity contribution >= 4 is 40.5 Å². The fourth-order valence-electron chi connectivity index (χ4n) is 4.59. The Labute approximate surface area is 192 Å². The molecule has 1 atom stereocenters. The molecule has 0 fully saturated rings. The molecule has 0 radical (unpaired) electrons. The lowest BCUT2D eigenvalue weighted by Crippen LogP contribution is -2.40. The van der Waals surface area contributed by atoms with E-state index in [2.05, 4.69) is 36.1 Å². The first-order valence-corrected chi connectivity index (χ1v) is 11.2. The maximum Gasteiger partial charge on any atom is 0.256 e. The Hall–Kier alpha value is -2.75. The van der Waals surface area contributed by atoms with Crippen LogP contribution >= 0.6 is 23.2 Å². The summed E-state index contributed by atoms with van der Waals surface area (Å²) in [5.74, 6) is 0.0445. The van der Waals surface area contributed by atoms with Gasteiger partial charge in [0.2, 0.25) is 0 Å². The predicted molar refractivity (Wildman–Crippen MR) is 128 cm³/mol. The molecular weight excluding hydrogens is 427 g/mol. The highest BCUT2D eigenvalue weighted by molar-refractivity contribution is 6.31. The van der Waals surface area contributed by atoms with Crippen molar-refractivity contribution in [3.63, 3.8) is 0 Å². The third-order valence-corrected chi connectivity index (χ3v) is 6.75. The molecule has 1 amide bonds. The summed E-state index contributed by atoms with van der Waals surface area (Å²) in [4.78, 5) is 18.0. The van der Waals surface area contributed by atoms with Crippen molar-refractivity contribution in [2.75, 3.05) is 16.3 Å². The Balaban J connectivity index is 1.61. The molecule has 2 heterocycles. The third-order valence-electron chi connectivity index (χ3n) is 6.15. The molecule has 31 heavy (non-hydrogen) atoms. The van der Waals surface area contributed by atoms with Gasteiger partial charge in [0.1, 0.15) is 0 Å². The van der Waals surface area contributed by atoms with Crippen molar-refractivity contribution in [1.29, 1.82) is 0 Å². The van der Waals surface area contributed by atoms with Crippen molar-refractivity contribution < 1.29 is 4.79 Å². The van der Waals surface area contributed by atoms with E-state index in [1.165, 1.54) is 5.56 Å². The van der Waals surface area contributed by atoms with Crippen molar-refractivity contribution in [1.82, 2.24) is 0 Å². The number of carbonyl (C=O) groups excluding carboxylic acids is 1. The molecule has 2 aliphatic heterocycles. The molecule has 0 spiro atoms. The van der Waals surface area contributed by atoms with Crippen LogP contribution in [0.15, 0.2) is 84.1 Å². The van der Waals surface area contributed by atoms with Crippen LogP contribution in [0.2, 0.25) is 10.0 Å². The first-order chi connectivity index (χ1) is 15.0. The second-order valence-electron chi connectivity index (χ2n) is 8.06. The van der Waals surface area contributed by atoms with E-state index < -0.39 is 0 Å². The molecule has 1 unspecified atom stereocenters. The van der Waals surface area contributed by atoms with Crippen molar-refractivity contribution in [3.8, 4) is 0 Å². The Bertz CT molecular complexity index is 1170. The van der Waals surface area contributed by atoms with Crippen LogP contribution in [-0.4, -0.2) is 12.5 Å². The van der Waals surface area contributed by atoms with Crippen LogP contribution in [-0.2, 0) is 4.79 Å². The van der Waals surface area contributed by atoms with Gasteiger partial charge in [-0.1, -0.05) is 59.1 Å². The van der Waals surface area contributed by atoms with Gasteiger partial charge < -0.3 is 9.80 Å². The first-order valence-electron chi connectivity index (χ1n) is 10.4. The average molecular weight is 449 g/mol. The summed E-state index contributed by atoms with van der Waals surface area (Å²) in [6.07, 6.45) is 1.45. The normalized spacial score (nSPS) is 18.5. The molecule has 3 nitrogen and oxygen atoms in total. The molecular formula is C26H22Cl2N2O. The second-order valence-corrected chi connectivity index (χ2v) is 8.90. The van der Waals surface area contributed by atoms with E-state index in [1.807, 2.05) is 53.4 Å². The van der Waals surface area contributed by atoms with Crippen LogP contribution in [0, 0.1) is 6.92 Å². The Kier molecular flexibility index (Phi) is 5.25. The molecule has 0 saturated heterocycles. The average Bonchev–Trinajstić information content (AvgIpc) is 3.20. The van der Waals surface area contributed by atoms with E-state index >= 15 is 0 Å². The van der Waals surface area contributed by atoms with Crippen LogP contribution in [0.1, 0.15) is 30.0 Å². The molecule has 0 aliphatic carbocycles. The van der Waals surface area contributed by atoms with Gasteiger partial charge >= 0.3 is 0 Å². The molecule has 0 bridgehead atoms. The number of amides is 1. The summed E-state index contributed by atoms with van der Waals surface area (Å²) in [6, 6.07) is 23.6. The van der Waals surface area contributed by atoms with E-state index in [-0.39, 0.29) is 11.9 Å². The molecule has 2 aliphatic rings. The summed E-state index contributed by atoms with van der Waals surface area (Å²) in [5, 5.41) is 1.32. The zero-order valence-electron chi connectivity index (χ0n) is 17.2. The molecule has 0 aromatic heterocycles. The SMILES string of the molecule is Cc1ccc(N2CCC3=C2CC(c2ccccc2Cl)N(c2ccc(Cl)cc2)C3=O)cc1. The largest absolute Gasteiger partial charge is 0.344 e. The zero-order valence-corrected chi connectivity index (χ0v) is 18.7. The maximum absolute atomic E-state index is 13.8. The van der Waals surface area contributed by atoms with Gasteiger partial charge in [0.25, 0.3) is 5.91 Å². The topological polar surface area (TPSA) is 23.6 Å². The summed E-state index contributed by atoms with van der Waals surface area (Å²) < 4.78 is 0. The number of rotatable bonds is 3. The standard InChI is InChI=1S/C26H22Cl2N2O/c1-17-6-10-19(11-7-17)29-15-14-22-24(29)16-25(21-4-2-3-5-23(21)28)30(26(22)31)20-12-8-18(27)9-13-20/h2-13,25H,14-16H2,1H3. The molecule has 0 N–H and O–H groups in total. The third kappa shape index (κ3) is 3.62. The van der Waals surface area contributed by atoms with Crippen LogP contribution in [0.5, 0.6) is 0 Å². The predicted octanol–water partition coefficient (Wildman–Crippen LogP) is 6.94. The zero-order chi connectivity index (χ0) is 21.5. The van der Waals surface area contributed by atoms with Gasteiger partial charge in [-0.05, 0) is 61.4 Å². The van der Waals surface area contributed by atoms with Gasteiger partial charge in [-0.3, -0.25) is 4.79 Å². The first kappa shape index (κ1) is 20.2. The van der Waals surface area contributed by atoms with Crippen molar-refractivity contribution in [2.45, 2.75) is 25.8 Å². The van der Waals surface area contributed by atoms with Gasteiger partial charge in [0.05, 0.1) is 6.04 Å². The highest BCUT2D eigenvalue weighted by atomic mass is 35.5. The minimum Gasteiger partial charge on any atom is -0.344 e. The number of benzene rings is 3. The Morgan fingerprint density at radius 1 is 0.871 bits per heavy atom. The lowest BCUT2D eigenvalue weighted by atomic mass is 9.92. The van der Waals surface area contributed by atoms with Crippen LogP contribution < -0.4 is 9.80 Å². The second kappa shape index (κ2) is 8.07. The molecule has 156 valence electrons. The van der Waals surface area contributed by atoms with Crippen LogP contribution in [0.4, 0.5) is 11.4 Å². The molecule has 3 aromatic carbocycles. The van der Waals surface area contributed by atoms with E-state index in [4.69, 9.17) is 23.2 Å². The fourth-order valence-corrected chi connectivity index (χ4v) is 4.98. The van der Waals surface area contributed by atoms with Crippen molar-refractivity contribution in [3.05, 3.63) is 105 Å². The fraction of sp³-hybridized carbons (Fsp3) is 0.192. The van der Waals surface area contributed by atoms with Crippen molar-refractivity contribution in [2.24, 2.45) is 0 Å². The van der Waals surface area contributed by atoms with Crippen LogP contribution in [0.3, 0.4) is 0 Å². The summed E-state index contributed by atoms with van der Waals surface area (Å²) in [7, 11) is 0. The molecule has 3 aromatic rings.